The Morgan fingerprint density at radius 2 is 1.69 bits per heavy atom. The van der Waals surface area contributed by atoms with Gasteiger partial charge in [-0.05, 0) is 54.4 Å². The summed E-state index contributed by atoms with van der Waals surface area (Å²) in [6.45, 7) is 1.93. The van der Waals surface area contributed by atoms with Gasteiger partial charge in [0.2, 0.25) is 5.91 Å². The van der Waals surface area contributed by atoms with Crippen LogP contribution in [-0.4, -0.2) is 33.5 Å². The fourth-order valence-electron chi connectivity index (χ4n) is 3.89. The Morgan fingerprint density at radius 3 is 2.38 bits per heavy atom. The van der Waals surface area contributed by atoms with Crippen molar-refractivity contribution in [2.75, 3.05) is 11.9 Å². The first-order chi connectivity index (χ1) is 15.5. The van der Waals surface area contributed by atoms with Gasteiger partial charge in [0.15, 0.2) is 0 Å². The summed E-state index contributed by atoms with van der Waals surface area (Å²) in [5.74, 6) is -1.74. The Labute approximate surface area is 188 Å². The zero-order valence-electron chi connectivity index (χ0n) is 17.2. The minimum absolute atomic E-state index is 0.0377. The Bertz CT molecular complexity index is 1330. The zero-order chi connectivity index (χ0) is 22.2. The topological polar surface area (TPSA) is 79.4 Å². The number of imide groups is 1. The Balaban J connectivity index is 1.45. The minimum atomic E-state index is -0.713. The van der Waals surface area contributed by atoms with Crippen molar-refractivity contribution in [1.29, 1.82) is 0 Å². The van der Waals surface area contributed by atoms with E-state index >= 15 is 0 Å². The lowest BCUT2D eigenvalue weighted by Crippen LogP contribution is -2.38. The molecule has 1 unspecified atom stereocenters. The molecule has 3 amide bonds. The van der Waals surface area contributed by atoms with Crippen LogP contribution >= 0.6 is 11.5 Å². The number of hydrogen-bond donors (Lipinski definition) is 1. The normalized spacial score (nSPS) is 14.0. The summed E-state index contributed by atoms with van der Waals surface area (Å²) in [6.07, 6.45) is 1.78. The average Bonchev–Trinajstić information content (AvgIpc) is 3.36. The molecule has 1 N–H and O–H groups in total. The first-order valence-electron chi connectivity index (χ1n) is 10.2. The molecule has 0 aliphatic carbocycles. The summed E-state index contributed by atoms with van der Waals surface area (Å²) < 4.78 is 5.13. The summed E-state index contributed by atoms with van der Waals surface area (Å²) in [5, 5.41) is 3.96. The third-order valence-electron chi connectivity index (χ3n) is 5.66. The lowest BCUT2D eigenvalue weighted by atomic mass is 9.96. The highest BCUT2D eigenvalue weighted by molar-refractivity contribution is 7.13. The molecule has 6 nitrogen and oxygen atoms in total. The molecule has 1 aliphatic rings. The lowest BCUT2D eigenvalue weighted by Gasteiger charge is -2.23. The molecule has 0 radical (unpaired) electrons. The maximum atomic E-state index is 13.4. The maximum absolute atomic E-state index is 13.4. The molecule has 7 heteroatoms. The molecule has 1 aromatic heterocycles. The number of hydrogen-bond acceptors (Lipinski definition) is 5. The van der Waals surface area contributed by atoms with Crippen LogP contribution in [-0.2, 0) is 4.79 Å². The lowest BCUT2D eigenvalue weighted by molar-refractivity contribution is -0.117. The quantitative estimate of drug-likeness (QED) is 0.458. The average molecular weight is 442 g/mol. The second-order valence-corrected chi connectivity index (χ2v) is 8.63. The number of aryl methyl sites for hydroxylation is 1. The molecule has 158 valence electrons. The van der Waals surface area contributed by atoms with E-state index in [1.54, 1.807) is 30.5 Å². The molecule has 1 atom stereocenters. The third kappa shape index (κ3) is 3.56. The van der Waals surface area contributed by atoms with E-state index < -0.39 is 5.92 Å². The number of anilines is 1. The molecule has 0 spiro atoms. The smallest absolute Gasteiger partial charge is 0.261 e. The van der Waals surface area contributed by atoms with Crippen molar-refractivity contribution >= 4 is 45.0 Å². The van der Waals surface area contributed by atoms with Crippen molar-refractivity contribution in [2.24, 2.45) is 0 Å². The number of carbonyl (C=O) groups is 3. The fourth-order valence-corrected chi connectivity index (χ4v) is 4.58. The monoisotopic (exact) mass is 441 g/mol. The molecular weight excluding hydrogens is 422 g/mol. The second-order valence-electron chi connectivity index (χ2n) is 7.80. The largest absolute Gasteiger partial charge is 0.325 e. The molecular formula is C25H19N3O3S. The van der Waals surface area contributed by atoms with Crippen LogP contribution in [0.2, 0.25) is 0 Å². The number of amides is 3. The van der Waals surface area contributed by atoms with E-state index in [4.69, 9.17) is 0 Å². The minimum Gasteiger partial charge on any atom is -0.325 e. The molecule has 0 fully saturated rings. The van der Waals surface area contributed by atoms with E-state index in [2.05, 4.69) is 9.69 Å². The number of carbonyl (C=O) groups excluding carboxylic acids is 3. The molecule has 0 bridgehead atoms. The first kappa shape index (κ1) is 20.1. The molecule has 0 saturated heterocycles. The SMILES string of the molecule is Cc1ccc(C(CN2C(=O)c3ccccc3C2=O)C(=O)Nc2ccc3cnsc3c2)cc1. The van der Waals surface area contributed by atoms with Gasteiger partial charge in [-0.1, -0.05) is 42.0 Å². The second kappa shape index (κ2) is 8.01. The summed E-state index contributed by atoms with van der Waals surface area (Å²) in [7, 11) is 0. The number of rotatable bonds is 5. The number of nitrogens with zero attached hydrogens (tertiary/aromatic N) is 2. The molecule has 32 heavy (non-hydrogen) atoms. The van der Waals surface area contributed by atoms with E-state index in [1.165, 1.54) is 16.4 Å². The van der Waals surface area contributed by atoms with Crippen LogP contribution in [0.4, 0.5) is 5.69 Å². The van der Waals surface area contributed by atoms with Crippen molar-refractivity contribution < 1.29 is 14.4 Å². The van der Waals surface area contributed by atoms with Gasteiger partial charge in [0.05, 0.1) is 21.7 Å². The fraction of sp³-hybridized carbons (Fsp3) is 0.120. The number of nitrogens with one attached hydrogen (secondary N) is 1. The van der Waals surface area contributed by atoms with Gasteiger partial charge in [-0.15, -0.1) is 0 Å². The molecule has 2 heterocycles. The van der Waals surface area contributed by atoms with Crippen LogP contribution in [0.5, 0.6) is 0 Å². The third-order valence-corrected chi connectivity index (χ3v) is 6.42. The van der Waals surface area contributed by atoms with Crippen molar-refractivity contribution in [3.8, 4) is 0 Å². The van der Waals surface area contributed by atoms with Gasteiger partial charge in [0.1, 0.15) is 0 Å². The van der Waals surface area contributed by atoms with Gasteiger partial charge >= 0.3 is 0 Å². The van der Waals surface area contributed by atoms with Crippen LogP contribution < -0.4 is 5.32 Å². The van der Waals surface area contributed by atoms with Gasteiger partial charge < -0.3 is 5.32 Å². The summed E-state index contributed by atoms with van der Waals surface area (Å²) in [5.41, 5.74) is 3.19. The molecule has 5 rings (SSSR count). The van der Waals surface area contributed by atoms with E-state index in [0.717, 1.165) is 21.2 Å². The van der Waals surface area contributed by atoms with Gasteiger partial charge in [0.25, 0.3) is 11.8 Å². The van der Waals surface area contributed by atoms with Gasteiger partial charge in [-0.25, -0.2) is 0 Å². The van der Waals surface area contributed by atoms with E-state index in [1.807, 2.05) is 49.4 Å². The summed E-state index contributed by atoms with van der Waals surface area (Å²) in [4.78, 5) is 40.3. The van der Waals surface area contributed by atoms with Crippen LogP contribution in [0, 0.1) is 6.92 Å². The Hall–Kier alpha value is -3.84. The van der Waals surface area contributed by atoms with Crippen LogP contribution in [0.1, 0.15) is 37.8 Å². The van der Waals surface area contributed by atoms with Crippen LogP contribution in [0.15, 0.2) is 72.9 Å². The molecule has 4 aromatic rings. The van der Waals surface area contributed by atoms with Crippen LogP contribution in [0.3, 0.4) is 0 Å². The summed E-state index contributed by atoms with van der Waals surface area (Å²) in [6, 6.07) is 19.9. The van der Waals surface area contributed by atoms with E-state index in [-0.39, 0.29) is 24.3 Å². The predicted molar refractivity (Wildman–Crippen MR) is 124 cm³/mol. The molecule has 3 aromatic carbocycles. The number of fused-ring (bicyclic) bond motifs is 2. The maximum Gasteiger partial charge on any atom is 0.261 e. The number of aromatic nitrogens is 1. The van der Waals surface area contributed by atoms with Gasteiger partial charge in [-0.3, -0.25) is 19.3 Å². The predicted octanol–water partition coefficient (Wildman–Crippen LogP) is 4.62. The standard InChI is InChI=1S/C25H19N3O3S/c1-15-6-8-16(9-7-15)21(14-28-24(30)19-4-2-3-5-20(19)25(28)31)23(29)27-18-11-10-17-13-26-32-22(17)12-18/h2-13,21H,14H2,1H3,(H,27,29). The Kier molecular flexibility index (Phi) is 5.03. The first-order valence-corrected chi connectivity index (χ1v) is 11.0. The van der Waals surface area contributed by atoms with Gasteiger partial charge in [0, 0.05) is 23.8 Å². The number of benzene rings is 3. The highest BCUT2D eigenvalue weighted by Gasteiger charge is 2.38. The summed E-state index contributed by atoms with van der Waals surface area (Å²) >= 11 is 1.36. The van der Waals surface area contributed by atoms with Crippen molar-refractivity contribution in [2.45, 2.75) is 12.8 Å². The van der Waals surface area contributed by atoms with Crippen molar-refractivity contribution in [3.63, 3.8) is 0 Å². The zero-order valence-corrected chi connectivity index (χ0v) is 18.1. The van der Waals surface area contributed by atoms with E-state index in [0.29, 0.717) is 16.8 Å². The highest BCUT2D eigenvalue weighted by Crippen LogP contribution is 2.28. The van der Waals surface area contributed by atoms with Crippen LogP contribution in [0.25, 0.3) is 10.1 Å². The van der Waals surface area contributed by atoms with E-state index in [9.17, 15) is 14.4 Å². The van der Waals surface area contributed by atoms with Crippen molar-refractivity contribution in [3.05, 3.63) is 95.2 Å². The Morgan fingerprint density at radius 1 is 1.00 bits per heavy atom. The highest BCUT2D eigenvalue weighted by atomic mass is 32.1. The molecule has 0 saturated carbocycles. The van der Waals surface area contributed by atoms with Gasteiger partial charge in [-0.2, -0.15) is 4.37 Å². The van der Waals surface area contributed by atoms with Crippen molar-refractivity contribution in [1.82, 2.24) is 9.27 Å². The molecule has 1 aliphatic heterocycles.